The molecule has 0 radical (unpaired) electrons. The van der Waals surface area contributed by atoms with Gasteiger partial charge in [-0.2, -0.15) is 0 Å². The zero-order valence-electron chi connectivity index (χ0n) is 20.4. The van der Waals surface area contributed by atoms with Crippen LogP contribution in [0.4, 0.5) is 11.4 Å². The number of allylic oxidation sites excluding steroid dienone is 1. The maximum absolute atomic E-state index is 12.9. The van der Waals surface area contributed by atoms with Gasteiger partial charge in [-0.3, -0.25) is 9.78 Å². The lowest BCUT2D eigenvalue weighted by Gasteiger charge is -2.24. The molecule has 3 aromatic carbocycles. The molecule has 1 aliphatic rings. The second-order valence-electron chi connectivity index (χ2n) is 8.75. The molecule has 1 aromatic heterocycles. The van der Waals surface area contributed by atoms with E-state index >= 15 is 0 Å². The number of nitrogens with zero attached hydrogens (tertiary/aromatic N) is 1. The molecule has 4 aromatic rings. The largest absolute Gasteiger partial charge is 0.493 e. The van der Waals surface area contributed by atoms with Gasteiger partial charge >= 0.3 is 0 Å². The topological polar surface area (TPSA) is 69.7 Å². The van der Waals surface area contributed by atoms with Gasteiger partial charge in [0.2, 0.25) is 0 Å². The number of ether oxygens (including phenoxy) is 3. The third kappa shape index (κ3) is 6.10. The van der Waals surface area contributed by atoms with E-state index in [4.69, 9.17) is 25.8 Å². The minimum atomic E-state index is -0.284. The number of carbonyl (C=O) groups excluding carboxylic acids is 1. The molecule has 1 fully saturated rings. The normalized spacial score (nSPS) is 15.6. The van der Waals surface area contributed by atoms with Gasteiger partial charge in [-0.05, 0) is 79.1 Å². The van der Waals surface area contributed by atoms with Crippen LogP contribution in [0.2, 0.25) is 5.02 Å². The Labute approximate surface area is 220 Å². The summed E-state index contributed by atoms with van der Waals surface area (Å²) >= 11 is 6.11. The molecule has 2 heterocycles. The quantitative estimate of drug-likeness (QED) is 0.194. The highest BCUT2D eigenvalue weighted by Crippen LogP contribution is 2.31. The van der Waals surface area contributed by atoms with Gasteiger partial charge < -0.3 is 19.5 Å². The third-order valence-electron chi connectivity index (χ3n) is 6.14. The summed E-state index contributed by atoms with van der Waals surface area (Å²) in [6.07, 6.45) is 7.77. The van der Waals surface area contributed by atoms with Crippen molar-refractivity contribution in [2.45, 2.75) is 25.6 Å². The zero-order chi connectivity index (χ0) is 25.6. The van der Waals surface area contributed by atoms with Crippen molar-refractivity contribution < 1.29 is 19.0 Å². The Bertz CT molecular complexity index is 1450. The van der Waals surface area contributed by atoms with Crippen molar-refractivity contribution in [3.05, 3.63) is 95.2 Å². The molecule has 0 bridgehead atoms. The van der Waals surface area contributed by atoms with E-state index < -0.39 is 0 Å². The van der Waals surface area contributed by atoms with Crippen molar-refractivity contribution in [2.75, 3.05) is 19.0 Å². The van der Waals surface area contributed by atoms with Crippen molar-refractivity contribution in [1.29, 1.82) is 0 Å². The van der Waals surface area contributed by atoms with Crippen molar-refractivity contribution in [1.82, 2.24) is 4.98 Å². The fraction of sp³-hybridized carbons (Fsp3) is 0.200. The zero-order valence-corrected chi connectivity index (χ0v) is 21.2. The van der Waals surface area contributed by atoms with Crippen LogP contribution in [0.1, 0.15) is 35.2 Å². The number of ketones is 1. The van der Waals surface area contributed by atoms with Crippen LogP contribution < -0.4 is 14.8 Å². The number of pyridine rings is 1. The van der Waals surface area contributed by atoms with Gasteiger partial charge in [-0.1, -0.05) is 29.8 Å². The Hall–Kier alpha value is -3.87. The number of hydrogen-bond acceptors (Lipinski definition) is 6. The average molecular weight is 515 g/mol. The van der Waals surface area contributed by atoms with Crippen LogP contribution in [0.25, 0.3) is 17.0 Å². The first-order valence-corrected chi connectivity index (χ1v) is 12.6. The van der Waals surface area contributed by atoms with E-state index in [-0.39, 0.29) is 12.1 Å². The summed E-state index contributed by atoms with van der Waals surface area (Å²) in [6.45, 7) is 0.694. The predicted octanol–water partition coefficient (Wildman–Crippen LogP) is 7.44. The molecule has 0 saturated carbocycles. The van der Waals surface area contributed by atoms with E-state index in [1.807, 2.05) is 48.5 Å². The molecule has 0 spiro atoms. The van der Waals surface area contributed by atoms with E-state index in [0.717, 1.165) is 47.1 Å². The molecule has 1 unspecified atom stereocenters. The van der Waals surface area contributed by atoms with E-state index in [1.165, 1.54) is 0 Å². The highest BCUT2D eigenvalue weighted by Gasteiger charge is 2.18. The first-order chi connectivity index (χ1) is 18.1. The number of fused-ring (bicyclic) bond motifs is 1. The molecule has 0 amide bonds. The number of hydrogen-bond donors (Lipinski definition) is 1. The second-order valence-corrected chi connectivity index (χ2v) is 9.18. The smallest absolute Gasteiger partial charge is 0.200 e. The average Bonchev–Trinajstić information content (AvgIpc) is 2.92. The summed E-state index contributed by atoms with van der Waals surface area (Å²) in [5.41, 5.74) is 4.04. The Morgan fingerprint density at radius 3 is 2.84 bits per heavy atom. The van der Waals surface area contributed by atoms with Gasteiger partial charge in [0.1, 0.15) is 0 Å². The third-order valence-corrected chi connectivity index (χ3v) is 6.38. The Balaban J connectivity index is 1.29. The van der Waals surface area contributed by atoms with Crippen molar-refractivity contribution in [2.24, 2.45) is 0 Å². The lowest BCUT2D eigenvalue weighted by molar-refractivity contribution is -0.106. The summed E-state index contributed by atoms with van der Waals surface area (Å²) in [5.74, 6) is 0.944. The highest BCUT2D eigenvalue weighted by molar-refractivity contribution is 6.31. The lowest BCUT2D eigenvalue weighted by Crippen LogP contribution is -2.25. The van der Waals surface area contributed by atoms with E-state index in [1.54, 1.807) is 43.7 Å². The minimum absolute atomic E-state index is 0.130. The summed E-state index contributed by atoms with van der Waals surface area (Å²) in [4.78, 5) is 17.3. The minimum Gasteiger partial charge on any atom is -0.493 e. The summed E-state index contributed by atoms with van der Waals surface area (Å²) in [5, 5.41) is 5.06. The number of carbonyl (C=O) groups is 1. The molecule has 1 saturated heterocycles. The molecule has 1 atom stereocenters. The van der Waals surface area contributed by atoms with E-state index in [0.29, 0.717) is 28.7 Å². The maximum atomic E-state index is 12.9. The van der Waals surface area contributed by atoms with Gasteiger partial charge in [-0.15, -0.1) is 0 Å². The number of rotatable bonds is 8. The molecule has 1 aliphatic heterocycles. The number of methoxy groups -OCH3 is 1. The number of nitrogens with one attached hydrogen (secondary N) is 1. The molecular formula is C30H27ClN2O4. The van der Waals surface area contributed by atoms with Gasteiger partial charge in [-0.25, -0.2) is 0 Å². The fourth-order valence-corrected chi connectivity index (χ4v) is 4.40. The fourth-order valence-electron chi connectivity index (χ4n) is 4.24. The Morgan fingerprint density at radius 2 is 2.00 bits per heavy atom. The summed E-state index contributed by atoms with van der Waals surface area (Å²) in [6, 6.07) is 20.6. The van der Waals surface area contributed by atoms with E-state index in [9.17, 15) is 4.79 Å². The molecule has 5 rings (SSSR count). The summed E-state index contributed by atoms with van der Waals surface area (Å²) < 4.78 is 17.1. The van der Waals surface area contributed by atoms with Gasteiger partial charge in [0.15, 0.2) is 23.6 Å². The lowest BCUT2D eigenvalue weighted by atomic mass is 10.1. The second kappa shape index (κ2) is 11.5. The van der Waals surface area contributed by atoms with Crippen LogP contribution in [0.3, 0.4) is 0 Å². The van der Waals surface area contributed by atoms with Gasteiger partial charge in [0, 0.05) is 40.0 Å². The number of halogens is 1. The van der Waals surface area contributed by atoms with Gasteiger partial charge in [0.25, 0.3) is 0 Å². The van der Waals surface area contributed by atoms with Crippen molar-refractivity contribution >= 4 is 45.7 Å². The SMILES string of the molecule is COc1cc(C(=O)/C=C/c2cccc(Nc3ccnc4cc(Cl)ccc34)c2)ccc1OC1CCCCO1. The first kappa shape index (κ1) is 24.8. The number of benzene rings is 3. The molecule has 188 valence electrons. The van der Waals surface area contributed by atoms with Crippen LogP contribution >= 0.6 is 11.6 Å². The Kier molecular flexibility index (Phi) is 7.68. The van der Waals surface area contributed by atoms with Crippen LogP contribution in [-0.2, 0) is 4.74 Å². The molecule has 37 heavy (non-hydrogen) atoms. The molecule has 1 N–H and O–H groups in total. The number of anilines is 2. The van der Waals surface area contributed by atoms with E-state index in [2.05, 4.69) is 10.3 Å². The molecular weight excluding hydrogens is 488 g/mol. The molecule has 7 heteroatoms. The summed E-state index contributed by atoms with van der Waals surface area (Å²) in [7, 11) is 1.56. The molecule has 6 nitrogen and oxygen atoms in total. The van der Waals surface area contributed by atoms with Crippen LogP contribution in [0.5, 0.6) is 11.5 Å². The van der Waals surface area contributed by atoms with Crippen molar-refractivity contribution in [3.8, 4) is 11.5 Å². The Morgan fingerprint density at radius 1 is 1.08 bits per heavy atom. The van der Waals surface area contributed by atoms with Crippen molar-refractivity contribution in [3.63, 3.8) is 0 Å². The monoisotopic (exact) mass is 514 g/mol. The molecule has 0 aliphatic carbocycles. The predicted molar refractivity (Wildman–Crippen MR) is 147 cm³/mol. The van der Waals surface area contributed by atoms with Crippen LogP contribution in [0, 0.1) is 0 Å². The number of aromatic nitrogens is 1. The van der Waals surface area contributed by atoms with Gasteiger partial charge in [0.05, 0.1) is 19.2 Å². The van der Waals surface area contributed by atoms with Crippen LogP contribution in [0.15, 0.2) is 79.0 Å². The van der Waals surface area contributed by atoms with Crippen LogP contribution in [-0.4, -0.2) is 30.8 Å². The standard InChI is InChI=1S/C30H27ClN2O4/c1-35-29-18-21(9-13-28(29)37-30-7-2-3-16-36-30)27(34)12-8-20-5-4-6-23(17-20)33-25-14-15-32-26-19-22(31)10-11-24(25)26/h4-6,8-15,17-19,30H,2-3,7,16H2,1H3,(H,32,33)/b12-8+. The highest BCUT2D eigenvalue weighted by atomic mass is 35.5. The first-order valence-electron chi connectivity index (χ1n) is 12.2. The maximum Gasteiger partial charge on any atom is 0.200 e.